The molecule has 0 radical (unpaired) electrons. The Kier molecular flexibility index (Phi) is 3.94. The van der Waals surface area contributed by atoms with Crippen molar-refractivity contribution in [1.82, 2.24) is 0 Å². The smallest absolute Gasteiger partial charge is 0.406 e. The number of halogens is 4. The van der Waals surface area contributed by atoms with Gasteiger partial charge in [0.1, 0.15) is 5.75 Å². The Morgan fingerprint density at radius 3 is 2.43 bits per heavy atom. The number of thioether (sulfide) groups is 1. The predicted molar refractivity (Wildman–Crippen MR) is 57.6 cm³/mol. The standard InChI is InChI=1S/C8H6F3IOS/c1-14-7-3-5(12)2-6(4-7)13-8(9,10)11/h2-4H,1H3. The molecule has 0 aromatic heterocycles. The molecule has 1 rings (SSSR count). The van der Waals surface area contributed by atoms with Gasteiger partial charge in [-0.15, -0.1) is 24.9 Å². The highest BCUT2D eigenvalue weighted by atomic mass is 127. The summed E-state index contributed by atoms with van der Waals surface area (Å²) in [5.74, 6) is -0.172. The quantitative estimate of drug-likeness (QED) is 0.599. The first-order valence-corrected chi connectivity index (χ1v) is 5.81. The summed E-state index contributed by atoms with van der Waals surface area (Å²) in [7, 11) is 0. The van der Waals surface area contributed by atoms with Gasteiger partial charge < -0.3 is 4.74 Å². The highest BCUT2D eigenvalue weighted by molar-refractivity contribution is 14.1. The predicted octanol–water partition coefficient (Wildman–Crippen LogP) is 3.91. The van der Waals surface area contributed by atoms with Crippen molar-refractivity contribution in [3.8, 4) is 5.75 Å². The van der Waals surface area contributed by atoms with Gasteiger partial charge in [0, 0.05) is 8.47 Å². The first-order chi connectivity index (χ1) is 6.40. The molecule has 14 heavy (non-hydrogen) atoms. The van der Waals surface area contributed by atoms with Crippen molar-refractivity contribution in [2.75, 3.05) is 6.26 Å². The van der Waals surface area contributed by atoms with Crippen molar-refractivity contribution in [1.29, 1.82) is 0 Å². The Labute approximate surface area is 97.2 Å². The molecule has 0 bridgehead atoms. The zero-order chi connectivity index (χ0) is 10.8. The van der Waals surface area contributed by atoms with E-state index in [0.717, 1.165) is 4.90 Å². The SMILES string of the molecule is CSc1cc(I)cc(OC(F)(F)F)c1. The largest absolute Gasteiger partial charge is 0.573 e. The highest BCUT2D eigenvalue weighted by Gasteiger charge is 2.31. The fourth-order valence-corrected chi connectivity index (χ4v) is 2.18. The van der Waals surface area contributed by atoms with Crippen molar-refractivity contribution >= 4 is 34.4 Å². The second-order valence-corrected chi connectivity index (χ2v) is 4.50. The van der Waals surface area contributed by atoms with Gasteiger partial charge in [-0.05, 0) is 47.0 Å². The molecule has 0 fully saturated rings. The van der Waals surface area contributed by atoms with Gasteiger partial charge in [0.05, 0.1) is 0 Å². The van der Waals surface area contributed by atoms with Crippen molar-refractivity contribution in [2.45, 2.75) is 11.3 Å². The normalized spacial score (nSPS) is 11.5. The van der Waals surface area contributed by atoms with Crippen LogP contribution >= 0.6 is 34.4 Å². The van der Waals surface area contributed by atoms with Gasteiger partial charge in [-0.25, -0.2) is 0 Å². The van der Waals surface area contributed by atoms with Crippen molar-refractivity contribution in [2.24, 2.45) is 0 Å². The van der Waals surface area contributed by atoms with Crippen LogP contribution in [-0.2, 0) is 0 Å². The number of hydrogen-bond acceptors (Lipinski definition) is 2. The number of alkyl halides is 3. The van der Waals surface area contributed by atoms with Gasteiger partial charge in [-0.1, -0.05) is 0 Å². The van der Waals surface area contributed by atoms with Crippen molar-refractivity contribution in [3.63, 3.8) is 0 Å². The van der Waals surface area contributed by atoms with Gasteiger partial charge in [0.15, 0.2) is 0 Å². The third kappa shape index (κ3) is 3.95. The molecule has 0 heterocycles. The van der Waals surface area contributed by atoms with Gasteiger partial charge in [0.2, 0.25) is 0 Å². The van der Waals surface area contributed by atoms with Crippen LogP contribution in [0.25, 0.3) is 0 Å². The molecule has 0 N–H and O–H groups in total. The minimum Gasteiger partial charge on any atom is -0.406 e. The maximum absolute atomic E-state index is 11.9. The Balaban J connectivity index is 2.92. The maximum atomic E-state index is 11.9. The van der Waals surface area contributed by atoms with E-state index in [1.807, 2.05) is 22.6 Å². The minimum atomic E-state index is -4.62. The fourth-order valence-electron chi connectivity index (χ4n) is 0.847. The number of hydrogen-bond donors (Lipinski definition) is 0. The first-order valence-electron chi connectivity index (χ1n) is 3.51. The third-order valence-electron chi connectivity index (χ3n) is 1.31. The lowest BCUT2D eigenvalue weighted by molar-refractivity contribution is -0.274. The van der Waals surface area contributed by atoms with E-state index in [2.05, 4.69) is 4.74 Å². The summed E-state index contributed by atoms with van der Waals surface area (Å²) in [6, 6.07) is 4.49. The van der Waals surface area contributed by atoms with Crippen molar-refractivity contribution < 1.29 is 17.9 Å². The summed E-state index contributed by atoms with van der Waals surface area (Å²) in [6.07, 6.45) is -2.83. The molecule has 0 amide bonds. The molecule has 1 aromatic carbocycles. The topological polar surface area (TPSA) is 9.23 Å². The molecule has 0 atom stereocenters. The lowest BCUT2D eigenvalue weighted by Crippen LogP contribution is -2.17. The van der Waals surface area contributed by atoms with Crippen LogP contribution in [0, 0.1) is 3.57 Å². The molecule has 0 saturated carbocycles. The number of ether oxygens (including phenoxy) is 1. The van der Waals surface area contributed by atoms with E-state index in [0.29, 0.717) is 3.57 Å². The highest BCUT2D eigenvalue weighted by Crippen LogP contribution is 2.28. The summed E-state index contributed by atoms with van der Waals surface area (Å²) in [5.41, 5.74) is 0. The zero-order valence-corrected chi connectivity index (χ0v) is 10.0. The molecule has 0 saturated heterocycles. The van der Waals surface area contributed by atoms with E-state index < -0.39 is 6.36 Å². The maximum Gasteiger partial charge on any atom is 0.573 e. The molecule has 1 nitrogen and oxygen atoms in total. The van der Waals surface area contributed by atoms with E-state index in [9.17, 15) is 13.2 Å². The van der Waals surface area contributed by atoms with E-state index in [4.69, 9.17) is 0 Å². The minimum absolute atomic E-state index is 0.172. The Bertz CT molecular complexity index is 327. The molecule has 1 aromatic rings. The van der Waals surface area contributed by atoms with Crippen LogP contribution in [0.2, 0.25) is 0 Å². The lowest BCUT2D eigenvalue weighted by atomic mass is 10.3. The molecule has 0 aliphatic heterocycles. The second kappa shape index (κ2) is 4.61. The van der Waals surface area contributed by atoms with Crippen LogP contribution in [0.3, 0.4) is 0 Å². The Hall–Kier alpha value is -0.110. The van der Waals surface area contributed by atoms with Crippen LogP contribution in [0.4, 0.5) is 13.2 Å². The molecular weight excluding hydrogens is 328 g/mol. The molecule has 0 aliphatic rings. The summed E-state index contributed by atoms with van der Waals surface area (Å²) in [4.78, 5) is 0.746. The van der Waals surface area contributed by atoms with Crippen molar-refractivity contribution in [3.05, 3.63) is 21.8 Å². The van der Waals surface area contributed by atoms with E-state index >= 15 is 0 Å². The molecule has 78 valence electrons. The average molecular weight is 334 g/mol. The van der Waals surface area contributed by atoms with E-state index in [1.54, 1.807) is 12.3 Å². The fraction of sp³-hybridized carbons (Fsp3) is 0.250. The number of benzene rings is 1. The lowest BCUT2D eigenvalue weighted by Gasteiger charge is -2.10. The van der Waals surface area contributed by atoms with Crippen LogP contribution in [0.1, 0.15) is 0 Å². The van der Waals surface area contributed by atoms with Crippen LogP contribution < -0.4 is 4.74 Å². The van der Waals surface area contributed by atoms with E-state index in [1.165, 1.54) is 23.9 Å². The first kappa shape index (κ1) is 12.0. The molecule has 0 unspecified atom stereocenters. The molecule has 0 spiro atoms. The van der Waals surface area contributed by atoms with Crippen LogP contribution in [0.5, 0.6) is 5.75 Å². The Morgan fingerprint density at radius 2 is 1.93 bits per heavy atom. The molecular formula is C8H6F3IOS. The average Bonchev–Trinajstić information content (AvgIpc) is 1.99. The zero-order valence-electron chi connectivity index (χ0n) is 7.06. The van der Waals surface area contributed by atoms with Gasteiger partial charge >= 0.3 is 6.36 Å². The van der Waals surface area contributed by atoms with Gasteiger partial charge in [-0.3, -0.25) is 0 Å². The molecule has 6 heteroatoms. The van der Waals surface area contributed by atoms with Crippen LogP contribution in [-0.4, -0.2) is 12.6 Å². The van der Waals surface area contributed by atoms with Crippen LogP contribution in [0.15, 0.2) is 23.1 Å². The van der Waals surface area contributed by atoms with Gasteiger partial charge in [0.25, 0.3) is 0 Å². The number of rotatable bonds is 2. The monoisotopic (exact) mass is 334 g/mol. The molecule has 0 aliphatic carbocycles. The summed E-state index contributed by atoms with van der Waals surface area (Å²) < 4.78 is 40.2. The van der Waals surface area contributed by atoms with E-state index in [-0.39, 0.29) is 5.75 Å². The summed E-state index contributed by atoms with van der Waals surface area (Å²) in [5, 5.41) is 0. The Morgan fingerprint density at radius 1 is 1.29 bits per heavy atom. The summed E-state index contributed by atoms with van der Waals surface area (Å²) >= 11 is 3.32. The summed E-state index contributed by atoms with van der Waals surface area (Å²) in [6.45, 7) is 0. The van der Waals surface area contributed by atoms with Gasteiger partial charge in [-0.2, -0.15) is 0 Å². The second-order valence-electron chi connectivity index (χ2n) is 2.37. The third-order valence-corrected chi connectivity index (χ3v) is 2.64.